The molecule has 2 N–H and O–H groups in total. The van der Waals surface area contributed by atoms with Gasteiger partial charge in [0.15, 0.2) is 23.3 Å². The van der Waals surface area contributed by atoms with Gasteiger partial charge in [-0.25, -0.2) is 4.79 Å². The molecule has 11 heteroatoms. The number of methoxy groups -OCH3 is 1. The lowest BCUT2D eigenvalue weighted by Crippen LogP contribution is -2.20. The van der Waals surface area contributed by atoms with Gasteiger partial charge < -0.3 is 19.5 Å². The Balaban J connectivity index is 1.61. The van der Waals surface area contributed by atoms with E-state index >= 15 is 0 Å². The molecule has 182 valence electrons. The number of hydrogen-bond acceptors (Lipinski definition) is 9. The molecule has 0 aliphatic carbocycles. The van der Waals surface area contributed by atoms with Gasteiger partial charge in [-0.05, 0) is 61.5 Å². The van der Waals surface area contributed by atoms with Gasteiger partial charge >= 0.3 is 5.97 Å². The Morgan fingerprint density at radius 3 is 2.60 bits per heavy atom. The van der Waals surface area contributed by atoms with Crippen molar-refractivity contribution in [1.82, 2.24) is 5.32 Å². The zero-order chi connectivity index (χ0) is 25.2. The van der Waals surface area contributed by atoms with E-state index in [1.165, 1.54) is 13.3 Å². The maximum absolute atomic E-state index is 12.2. The van der Waals surface area contributed by atoms with Crippen molar-refractivity contribution in [3.8, 4) is 11.5 Å². The molecule has 1 fully saturated rings. The molecule has 0 unspecified atom stereocenters. The van der Waals surface area contributed by atoms with E-state index in [0.717, 1.165) is 23.4 Å². The maximum atomic E-state index is 12.2. The number of aryl methyl sites for hydroxylation is 1. The zero-order valence-electron chi connectivity index (χ0n) is 19.4. The van der Waals surface area contributed by atoms with E-state index in [-0.39, 0.29) is 22.6 Å². The van der Waals surface area contributed by atoms with Crippen LogP contribution in [0.1, 0.15) is 18.1 Å². The highest BCUT2D eigenvalue weighted by atomic mass is 32.2. The Morgan fingerprint density at radius 2 is 1.89 bits per heavy atom. The smallest absolute Gasteiger partial charge is 0.331 e. The van der Waals surface area contributed by atoms with Crippen molar-refractivity contribution in [1.29, 1.82) is 0 Å². The van der Waals surface area contributed by atoms with Crippen molar-refractivity contribution in [2.24, 2.45) is 10.2 Å². The molecule has 2 aromatic rings. The molecule has 0 bridgehead atoms. The summed E-state index contributed by atoms with van der Waals surface area (Å²) in [6.07, 6.45) is 2.55. The number of thioether (sulfide) groups is 1. The van der Waals surface area contributed by atoms with Gasteiger partial charge in [0.1, 0.15) is 0 Å². The first kappa shape index (κ1) is 25.5. The molecule has 1 aliphatic rings. The average Bonchev–Trinajstić information content (AvgIpc) is 3.18. The Bertz CT molecular complexity index is 1190. The van der Waals surface area contributed by atoms with E-state index in [2.05, 4.69) is 25.6 Å². The molecule has 0 saturated carbocycles. The third-order valence-corrected chi connectivity index (χ3v) is 5.32. The summed E-state index contributed by atoms with van der Waals surface area (Å²) >= 11 is 0.975. The first-order chi connectivity index (χ1) is 16.9. The number of ether oxygens (including phenoxy) is 3. The fourth-order valence-corrected chi connectivity index (χ4v) is 3.50. The minimum Gasteiger partial charge on any atom is -0.490 e. The van der Waals surface area contributed by atoms with Crippen LogP contribution < -0.4 is 20.1 Å². The highest BCUT2D eigenvalue weighted by Gasteiger charge is 2.25. The summed E-state index contributed by atoms with van der Waals surface area (Å²) < 4.78 is 15.8. The van der Waals surface area contributed by atoms with E-state index in [1.807, 2.05) is 38.1 Å². The molecule has 10 nitrogen and oxygen atoms in total. The first-order valence-corrected chi connectivity index (χ1v) is 11.4. The van der Waals surface area contributed by atoms with E-state index < -0.39 is 11.9 Å². The first-order valence-electron chi connectivity index (χ1n) is 10.5. The fourth-order valence-electron chi connectivity index (χ4n) is 2.76. The lowest BCUT2D eigenvalue weighted by Gasteiger charge is -2.12. The molecule has 0 radical (unpaired) electrons. The molecule has 2 amide bonds. The summed E-state index contributed by atoms with van der Waals surface area (Å²) in [6, 6.07) is 12.6. The standard InChI is InChI=1S/C24H24N4O6S/c1-4-33-19-11-16(13-25-28-24-27-23(31)20(35-24)12-22(30)32-3)7-10-18(19)34-14-21(29)26-17-8-5-15(2)6-9-17/h5-13H,4,14H2,1-3H3,(H,26,29)(H,27,28,31)/b20-12+,25-13?. The monoisotopic (exact) mass is 496 g/mol. The summed E-state index contributed by atoms with van der Waals surface area (Å²) in [4.78, 5) is 35.5. The second-order valence-corrected chi connectivity index (χ2v) is 8.11. The largest absolute Gasteiger partial charge is 0.490 e. The van der Waals surface area contributed by atoms with Crippen LogP contribution in [0.4, 0.5) is 5.69 Å². The zero-order valence-corrected chi connectivity index (χ0v) is 20.2. The molecule has 3 rings (SSSR count). The van der Waals surface area contributed by atoms with E-state index in [4.69, 9.17) is 9.47 Å². The molecular formula is C24H24N4O6S. The minimum absolute atomic E-state index is 0.164. The van der Waals surface area contributed by atoms with Crippen molar-refractivity contribution >= 4 is 46.6 Å². The number of amidine groups is 1. The molecule has 0 spiro atoms. The molecular weight excluding hydrogens is 472 g/mol. The third-order valence-electron chi connectivity index (χ3n) is 4.42. The van der Waals surface area contributed by atoms with Crippen LogP contribution in [0.3, 0.4) is 0 Å². The number of benzene rings is 2. The summed E-state index contributed by atoms with van der Waals surface area (Å²) in [5.74, 6) is -0.536. The van der Waals surface area contributed by atoms with Crippen LogP contribution in [-0.2, 0) is 19.1 Å². The number of hydrogen-bond donors (Lipinski definition) is 2. The Labute approximate surface area is 206 Å². The Morgan fingerprint density at radius 1 is 1.11 bits per heavy atom. The number of nitrogens with zero attached hydrogens (tertiary/aromatic N) is 2. The van der Waals surface area contributed by atoms with Gasteiger partial charge in [-0.1, -0.05) is 17.7 Å². The SMILES string of the molecule is CCOc1cc(C=N/N=C2/NC(=O)/C(=C\C(=O)OC)S2)ccc1OCC(=O)Nc1ccc(C)cc1. The third kappa shape index (κ3) is 7.71. The summed E-state index contributed by atoms with van der Waals surface area (Å²) in [7, 11) is 1.23. The molecule has 2 aromatic carbocycles. The number of esters is 1. The number of carbonyl (C=O) groups excluding carboxylic acids is 3. The number of carbonyl (C=O) groups is 3. The van der Waals surface area contributed by atoms with Gasteiger partial charge in [-0.15, -0.1) is 5.10 Å². The predicted molar refractivity (Wildman–Crippen MR) is 134 cm³/mol. The van der Waals surface area contributed by atoms with Gasteiger partial charge in [-0.2, -0.15) is 5.10 Å². The number of rotatable bonds is 9. The fraction of sp³-hybridized carbons (Fsp3) is 0.208. The van der Waals surface area contributed by atoms with Crippen molar-refractivity contribution in [3.05, 3.63) is 64.6 Å². The lowest BCUT2D eigenvalue weighted by molar-refractivity contribution is -0.135. The Kier molecular flexibility index (Phi) is 9.02. The second-order valence-electron chi connectivity index (χ2n) is 7.08. The second kappa shape index (κ2) is 12.4. The van der Waals surface area contributed by atoms with E-state index in [9.17, 15) is 14.4 Å². The number of anilines is 1. The van der Waals surface area contributed by atoms with Crippen molar-refractivity contribution in [3.63, 3.8) is 0 Å². The quantitative estimate of drug-likeness (QED) is 0.236. The van der Waals surface area contributed by atoms with Gasteiger partial charge in [0.25, 0.3) is 11.8 Å². The summed E-state index contributed by atoms with van der Waals surface area (Å²) in [6.45, 7) is 4.01. The van der Waals surface area contributed by atoms with Gasteiger partial charge in [-0.3, -0.25) is 14.9 Å². The number of amides is 2. The van der Waals surface area contributed by atoms with Crippen LogP contribution in [-0.4, -0.2) is 49.5 Å². The van der Waals surface area contributed by atoms with Crippen LogP contribution in [0, 0.1) is 6.92 Å². The number of nitrogens with one attached hydrogen (secondary N) is 2. The summed E-state index contributed by atoms with van der Waals surface area (Å²) in [5.41, 5.74) is 2.45. The van der Waals surface area contributed by atoms with Crippen LogP contribution in [0.5, 0.6) is 11.5 Å². The van der Waals surface area contributed by atoms with Gasteiger partial charge in [0.05, 0.1) is 24.8 Å². The molecule has 1 heterocycles. The van der Waals surface area contributed by atoms with Crippen molar-refractivity contribution in [2.75, 3.05) is 25.6 Å². The normalized spacial score (nSPS) is 15.3. The van der Waals surface area contributed by atoms with Crippen LogP contribution in [0.2, 0.25) is 0 Å². The van der Waals surface area contributed by atoms with Crippen LogP contribution in [0.15, 0.2) is 63.6 Å². The molecule has 1 saturated heterocycles. The van der Waals surface area contributed by atoms with Gasteiger partial charge in [0.2, 0.25) is 0 Å². The molecule has 0 aromatic heterocycles. The van der Waals surface area contributed by atoms with E-state index in [0.29, 0.717) is 29.4 Å². The molecule has 0 atom stereocenters. The van der Waals surface area contributed by atoms with Crippen molar-refractivity contribution < 1.29 is 28.6 Å². The maximum Gasteiger partial charge on any atom is 0.331 e. The average molecular weight is 497 g/mol. The predicted octanol–water partition coefficient (Wildman–Crippen LogP) is 3.02. The Hall–Kier alpha value is -4.12. The van der Waals surface area contributed by atoms with Gasteiger partial charge in [0, 0.05) is 11.8 Å². The van der Waals surface area contributed by atoms with Crippen molar-refractivity contribution in [2.45, 2.75) is 13.8 Å². The minimum atomic E-state index is -0.634. The summed E-state index contributed by atoms with van der Waals surface area (Å²) in [5, 5.41) is 13.4. The highest BCUT2D eigenvalue weighted by molar-refractivity contribution is 8.18. The van der Waals surface area contributed by atoms with Crippen LogP contribution in [0.25, 0.3) is 0 Å². The lowest BCUT2D eigenvalue weighted by atomic mass is 10.2. The topological polar surface area (TPSA) is 128 Å². The molecule has 1 aliphatic heterocycles. The molecule has 35 heavy (non-hydrogen) atoms. The van der Waals surface area contributed by atoms with Crippen LogP contribution >= 0.6 is 11.8 Å². The highest BCUT2D eigenvalue weighted by Crippen LogP contribution is 2.28. The van der Waals surface area contributed by atoms with E-state index in [1.54, 1.807) is 18.2 Å².